The van der Waals surface area contributed by atoms with E-state index < -0.39 is 5.41 Å². The lowest BCUT2D eigenvalue weighted by Gasteiger charge is -2.45. The van der Waals surface area contributed by atoms with Gasteiger partial charge in [-0.3, -0.25) is 9.56 Å². The first-order valence-electron chi connectivity index (χ1n) is 14.4. The molecule has 0 bridgehead atoms. The van der Waals surface area contributed by atoms with Crippen LogP contribution in [0.4, 0.5) is 0 Å². The summed E-state index contributed by atoms with van der Waals surface area (Å²) in [5.74, 6) is 3.36. The number of nitrogens with zero attached hydrogens (tertiary/aromatic N) is 2. The lowest BCUT2D eigenvalue weighted by Crippen LogP contribution is -2.36. The summed E-state index contributed by atoms with van der Waals surface area (Å²) in [5, 5.41) is 2.42. The predicted molar refractivity (Wildman–Crippen MR) is 170 cm³/mol. The minimum Gasteiger partial charge on any atom is -0.457 e. The number of hydrogen-bond donors (Lipinski definition) is 1. The van der Waals surface area contributed by atoms with Crippen molar-refractivity contribution >= 4 is 33.7 Å². The molecule has 0 saturated heterocycles. The molecule has 5 heteroatoms. The smallest absolute Gasteiger partial charge is 0.134 e. The Morgan fingerprint density at radius 3 is 2.00 bits per heavy atom. The van der Waals surface area contributed by atoms with Crippen LogP contribution in [0.1, 0.15) is 27.8 Å². The highest BCUT2D eigenvalue weighted by Crippen LogP contribution is 2.61. The minimum absolute atomic E-state index is 0.631. The number of benzene rings is 5. The Morgan fingerprint density at radius 2 is 1.26 bits per heavy atom. The van der Waals surface area contributed by atoms with Gasteiger partial charge in [0.1, 0.15) is 28.6 Å². The van der Waals surface area contributed by atoms with Crippen molar-refractivity contribution < 1.29 is 9.47 Å². The van der Waals surface area contributed by atoms with Crippen LogP contribution in [0, 0.1) is 0 Å². The number of nitrogens with one attached hydrogen (secondary N) is 1. The van der Waals surface area contributed by atoms with E-state index in [1.807, 2.05) is 30.7 Å². The Morgan fingerprint density at radius 1 is 0.605 bits per heavy atom. The van der Waals surface area contributed by atoms with Gasteiger partial charge >= 0.3 is 0 Å². The number of aromatic amines is 1. The largest absolute Gasteiger partial charge is 0.457 e. The Bertz CT molecular complexity index is 2360. The van der Waals surface area contributed by atoms with E-state index in [-0.39, 0.29) is 0 Å². The predicted octanol–water partition coefficient (Wildman–Crippen LogP) is 9.13. The van der Waals surface area contributed by atoms with Crippen molar-refractivity contribution in [3.63, 3.8) is 0 Å². The Hall–Kier alpha value is -5.81. The third-order valence-corrected chi connectivity index (χ3v) is 9.18. The van der Waals surface area contributed by atoms with Crippen LogP contribution >= 0.6 is 0 Å². The third-order valence-electron chi connectivity index (χ3n) is 9.18. The highest BCUT2D eigenvalue weighted by molar-refractivity contribution is 6.14. The summed E-state index contributed by atoms with van der Waals surface area (Å²) >= 11 is 0. The zero-order chi connectivity index (χ0) is 28.1. The first-order valence-corrected chi connectivity index (χ1v) is 14.4. The van der Waals surface area contributed by atoms with Gasteiger partial charge in [-0.1, -0.05) is 72.8 Å². The average Bonchev–Trinajstić information content (AvgIpc) is 3.61. The quantitative estimate of drug-likeness (QED) is 0.232. The maximum Gasteiger partial charge on any atom is 0.134 e. The van der Waals surface area contributed by atoms with Gasteiger partial charge in [0.2, 0.25) is 0 Å². The number of allylic oxidation sites excluding steroid dienone is 1. The van der Waals surface area contributed by atoms with Gasteiger partial charge in [-0.25, -0.2) is 0 Å². The van der Waals surface area contributed by atoms with Crippen LogP contribution in [0.2, 0.25) is 0 Å². The Balaban J connectivity index is 1.28. The number of fused-ring (bicyclic) bond motifs is 11. The molecule has 0 radical (unpaired) electrons. The van der Waals surface area contributed by atoms with Crippen LogP contribution in [0.15, 0.2) is 133 Å². The molecule has 5 aromatic carbocycles. The van der Waals surface area contributed by atoms with E-state index in [4.69, 9.17) is 9.47 Å². The first kappa shape index (κ1) is 22.8. The molecule has 5 nitrogen and oxygen atoms in total. The number of aliphatic imine (C=N–C) groups is 1. The van der Waals surface area contributed by atoms with Gasteiger partial charge in [-0.15, -0.1) is 0 Å². The summed E-state index contributed by atoms with van der Waals surface area (Å²) in [6.07, 6.45) is 5.78. The second-order valence-corrected chi connectivity index (χ2v) is 11.3. The van der Waals surface area contributed by atoms with Crippen molar-refractivity contribution in [3.8, 4) is 28.7 Å². The fourth-order valence-electron chi connectivity index (χ4n) is 7.32. The van der Waals surface area contributed by atoms with Crippen LogP contribution in [-0.4, -0.2) is 15.8 Å². The molecule has 3 aliphatic heterocycles. The van der Waals surface area contributed by atoms with E-state index in [1.54, 1.807) is 0 Å². The fraction of sp³-hybridized carbons (Fsp3) is 0.0263. The molecule has 7 aromatic rings. The van der Waals surface area contributed by atoms with Crippen molar-refractivity contribution in [2.75, 3.05) is 0 Å². The van der Waals surface area contributed by atoms with E-state index in [9.17, 15) is 0 Å². The molecule has 0 saturated carbocycles. The molecule has 1 unspecified atom stereocenters. The van der Waals surface area contributed by atoms with Gasteiger partial charge < -0.3 is 14.5 Å². The molecule has 2 aromatic heterocycles. The summed E-state index contributed by atoms with van der Waals surface area (Å²) in [6.45, 7) is 0. The maximum atomic E-state index is 6.78. The fourth-order valence-corrected chi connectivity index (χ4v) is 7.32. The van der Waals surface area contributed by atoms with Crippen molar-refractivity contribution in [2.24, 2.45) is 4.99 Å². The van der Waals surface area contributed by atoms with Crippen LogP contribution in [0.5, 0.6) is 23.0 Å². The topological polar surface area (TPSA) is 51.5 Å². The summed E-state index contributed by atoms with van der Waals surface area (Å²) in [5.41, 5.74) is 9.19. The summed E-state index contributed by atoms with van der Waals surface area (Å²) in [4.78, 5) is 7.65. The number of hydrogen-bond acceptors (Lipinski definition) is 3. The molecule has 1 N–H and O–H groups in total. The van der Waals surface area contributed by atoms with Crippen LogP contribution in [0.25, 0.3) is 33.2 Å². The Kier molecular flexibility index (Phi) is 4.32. The SMILES string of the molecule is C1=NC=C1c1ccc2c(c1)Oc1ccccc1C21c2ccccc2Oc2cc(-n3c4ccccc4c4cc[nH]c43)ccc21. The molecule has 3 aliphatic rings. The molecule has 1 atom stereocenters. The highest BCUT2D eigenvalue weighted by atomic mass is 16.5. The molecular formula is C38H23N3O2. The maximum absolute atomic E-state index is 6.78. The van der Waals surface area contributed by atoms with Gasteiger partial charge in [0.05, 0.1) is 16.6 Å². The van der Waals surface area contributed by atoms with Crippen molar-refractivity contribution in [3.05, 3.63) is 155 Å². The summed E-state index contributed by atoms with van der Waals surface area (Å²) in [6, 6.07) is 40.6. The van der Waals surface area contributed by atoms with Gasteiger partial charge in [-0.05, 0) is 42.0 Å². The number of para-hydroxylation sites is 3. The van der Waals surface area contributed by atoms with E-state index in [2.05, 4.69) is 118 Å². The number of H-pyrrole nitrogens is 1. The normalized spacial score (nSPS) is 17.3. The van der Waals surface area contributed by atoms with Gasteiger partial charge in [0, 0.05) is 63.3 Å². The zero-order valence-corrected chi connectivity index (χ0v) is 22.9. The lowest BCUT2D eigenvalue weighted by molar-refractivity contribution is 0.399. The minimum atomic E-state index is -0.631. The van der Waals surface area contributed by atoms with Gasteiger partial charge in [-0.2, -0.15) is 0 Å². The van der Waals surface area contributed by atoms with E-state index in [0.29, 0.717) is 0 Å². The molecule has 0 amide bonds. The Labute approximate surface area is 247 Å². The van der Waals surface area contributed by atoms with E-state index in [0.717, 1.165) is 73.2 Å². The molecule has 10 rings (SSSR count). The number of aromatic nitrogens is 2. The second-order valence-electron chi connectivity index (χ2n) is 11.3. The summed E-state index contributed by atoms with van der Waals surface area (Å²) < 4.78 is 15.7. The molecule has 0 fully saturated rings. The van der Waals surface area contributed by atoms with Crippen LogP contribution in [-0.2, 0) is 5.41 Å². The van der Waals surface area contributed by atoms with Gasteiger partial charge in [0.15, 0.2) is 0 Å². The molecule has 43 heavy (non-hydrogen) atoms. The van der Waals surface area contributed by atoms with E-state index >= 15 is 0 Å². The third kappa shape index (κ3) is 2.88. The first-order chi connectivity index (χ1) is 21.3. The zero-order valence-electron chi connectivity index (χ0n) is 22.9. The standard InChI is InChI=1S/C38H23N3O2/c1-4-10-32-26(7-1)27-17-18-40-37(27)41(32)25-14-16-31-36(20-25)43-34-12-6-3-9-29(34)38(31)28-8-2-5-11-33(28)42-35-19-23(13-15-30(35)38)24-21-39-22-24/h1-22,40H. The van der Waals surface area contributed by atoms with Crippen LogP contribution < -0.4 is 9.47 Å². The average molecular weight is 554 g/mol. The summed E-state index contributed by atoms with van der Waals surface area (Å²) in [7, 11) is 0. The van der Waals surface area contributed by atoms with Crippen LogP contribution in [0.3, 0.4) is 0 Å². The molecule has 0 aliphatic carbocycles. The highest BCUT2D eigenvalue weighted by Gasteiger charge is 2.50. The molecule has 202 valence electrons. The van der Waals surface area contributed by atoms with E-state index in [1.165, 1.54) is 10.8 Å². The molecule has 1 spiro atoms. The number of ether oxygens (including phenoxy) is 2. The van der Waals surface area contributed by atoms with Gasteiger partial charge in [0.25, 0.3) is 0 Å². The van der Waals surface area contributed by atoms with Crippen molar-refractivity contribution in [2.45, 2.75) is 5.41 Å². The monoisotopic (exact) mass is 553 g/mol. The molecular weight excluding hydrogens is 530 g/mol. The van der Waals surface area contributed by atoms with Crippen molar-refractivity contribution in [1.82, 2.24) is 9.55 Å². The number of rotatable bonds is 2. The molecule has 5 heterocycles. The lowest BCUT2D eigenvalue weighted by atomic mass is 9.62. The van der Waals surface area contributed by atoms with Crippen molar-refractivity contribution in [1.29, 1.82) is 0 Å². The second kappa shape index (κ2) is 8.14.